The second-order valence-corrected chi connectivity index (χ2v) is 4.81. The molecule has 0 unspecified atom stereocenters. The van der Waals surface area contributed by atoms with Crippen molar-refractivity contribution in [2.75, 3.05) is 13.2 Å². The fourth-order valence-electron chi connectivity index (χ4n) is 1.68. The zero-order chi connectivity index (χ0) is 12.7. The van der Waals surface area contributed by atoms with E-state index in [2.05, 4.69) is 48.9 Å². The van der Waals surface area contributed by atoms with Crippen LogP contribution in [-0.4, -0.2) is 29.0 Å². The molecule has 1 aromatic heterocycles. The van der Waals surface area contributed by atoms with Crippen molar-refractivity contribution >= 4 is 0 Å². The van der Waals surface area contributed by atoms with Gasteiger partial charge in [-0.25, -0.2) is 0 Å². The average Bonchev–Trinajstić information content (AvgIpc) is 2.71. The monoisotopic (exact) mass is 239 g/mol. The Hall–Kier alpha value is -0.870. The van der Waals surface area contributed by atoms with Gasteiger partial charge in [0, 0.05) is 25.4 Å². The van der Waals surface area contributed by atoms with Gasteiger partial charge in [0.1, 0.15) is 0 Å². The van der Waals surface area contributed by atoms with Crippen LogP contribution in [0.1, 0.15) is 45.9 Å². The number of nitrogens with one attached hydrogen (secondary N) is 1. The zero-order valence-corrected chi connectivity index (χ0v) is 11.4. The van der Waals surface area contributed by atoms with Crippen LogP contribution in [0, 0.1) is 0 Å². The molecule has 0 aliphatic carbocycles. The Labute approximate surface area is 104 Å². The molecule has 0 bridgehead atoms. The van der Waals surface area contributed by atoms with Crippen molar-refractivity contribution in [2.45, 2.75) is 52.8 Å². The second kappa shape index (κ2) is 7.45. The minimum Gasteiger partial charge on any atom is -0.379 e. The number of ether oxygens (including phenoxy) is 1. The van der Waals surface area contributed by atoms with Gasteiger partial charge in [-0.3, -0.25) is 4.68 Å². The fraction of sp³-hybridized carbons (Fsp3) is 0.769. The topological polar surface area (TPSA) is 39.1 Å². The number of hydrogen-bond acceptors (Lipinski definition) is 3. The molecule has 0 aliphatic heterocycles. The molecule has 0 radical (unpaired) electrons. The van der Waals surface area contributed by atoms with Gasteiger partial charge in [0.05, 0.1) is 11.8 Å². The first-order valence-electron chi connectivity index (χ1n) is 6.46. The van der Waals surface area contributed by atoms with Gasteiger partial charge in [-0.2, -0.15) is 5.10 Å². The van der Waals surface area contributed by atoms with E-state index in [-0.39, 0.29) is 0 Å². The first-order chi connectivity index (χ1) is 8.11. The molecule has 17 heavy (non-hydrogen) atoms. The summed E-state index contributed by atoms with van der Waals surface area (Å²) in [5.74, 6) is 0. The van der Waals surface area contributed by atoms with Crippen LogP contribution in [0.15, 0.2) is 12.3 Å². The van der Waals surface area contributed by atoms with Gasteiger partial charge >= 0.3 is 0 Å². The van der Waals surface area contributed by atoms with Gasteiger partial charge in [-0.1, -0.05) is 0 Å². The van der Waals surface area contributed by atoms with Gasteiger partial charge in [0.25, 0.3) is 0 Å². The predicted molar refractivity (Wildman–Crippen MR) is 70.0 cm³/mol. The quantitative estimate of drug-likeness (QED) is 0.708. The van der Waals surface area contributed by atoms with E-state index in [0.29, 0.717) is 12.1 Å². The van der Waals surface area contributed by atoms with Crippen molar-refractivity contribution < 1.29 is 4.74 Å². The molecular weight excluding hydrogens is 214 g/mol. The molecule has 0 spiro atoms. The number of nitrogens with zero attached hydrogens (tertiary/aromatic N) is 2. The maximum atomic E-state index is 5.48. The van der Waals surface area contributed by atoms with E-state index in [9.17, 15) is 0 Å². The molecule has 1 rings (SSSR count). The SMILES string of the molecule is CC(C)OCCCNCc1ccnn1C(C)C. The highest BCUT2D eigenvalue weighted by molar-refractivity contribution is 5.00. The van der Waals surface area contributed by atoms with E-state index in [4.69, 9.17) is 4.74 Å². The van der Waals surface area contributed by atoms with Gasteiger partial charge in [0.2, 0.25) is 0 Å². The Bertz CT molecular complexity index is 307. The van der Waals surface area contributed by atoms with Crippen LogP contribution in [0.4, 0.5) is 0 Å². The van der Waals surface area contributed by atoms with Crippen molar-refractivity contribution in [3.05, 3.63) is 18.0 Å². The summed E-state index contributed by atoms with van der Waals surface area (Å²) in [6.07, 6.45) is 3.24. The highest BCUT2D eigenvalue weighted by Gasteiger charge is 2.04. The summed E-state index contributed by atoms with van der Waals surface area (Å²) in [5.41, 5.74) is 1.24. The Balaban J connectivity index is 2.16. The summed E-state index contributed by atoms with van der Waals surface area (Å²) in [7, 11) is 0. The smallest absolute Gasteiger partial charge is 0.0525 e. The molecule has 0 fully saturated rings. The van der Waals surface area contributed by atoms with Crippen LogP contribution in [0.3, 0.4) is 0 Å². The molecule has 0 saturated heterocycles. The molecule has 4 nitrogen and oxygen atoms in total. The molecule has 0 amide bonds. The Morgan fingerprint density at radius 3 is 2.76 bits per heavy atom. The van der Waals surface area contributed by atoms with Gasteiger partial charge < -0.3 is 10.1 Å². The average molecular weight is 239 g/mol. The van der Waals surface area contributed by atoms with E-state index in [0.717, 1.165) is 26.1 Å². The summed E-state index contributed by atoms with van der Waals surface area (Å²) >= 11 is 0. The Morgan fingerprint density at radius 2 is 2.12 bits per heavy atom. The molecule has 0 saturated carbocycles. The van der Waals surface area contributed by atoms with Crippen molar-refractivity contribution in [2.24, 2.45) is 0 Å². The van der Waals surface area contributed by atoms with Crippen molar-refractivity contribution in [1.29, 1.82) is 0 Å². The second-order valence-electron chi connectivity index (χ2n) is 4.81. The van der Waals surface area contributed by atoms with Crippen molar-refractivity contribution in [3.63, 3.8) is 0 Å². The van der Waals surface area contributed by atoms with Gasteiger partial charge in [-0.15, -0.1) is 0 Å². The molecule has 98 valence electrons. The van der Waals surface area contributed by atoms with E-state index >= 15 is 0 Å². The third-order valence-corrected chi connectivity index (χ3v) is 2.50. The van der Waals surface area contributed by atoms with E-state index < -0.39 is 0 Å². The lowest BCUT2D eigenvalue weighted by molar-refractivity contribution is 0.0770. The van der Waals surface area contributed by atoms with Crippen LogP contribution >= 0.6 is 0 Å². The molecule has 1 aromatic rings. The number of rotatable bonds is 8. The maximum absolute atomic E-state index is 5.48. The van der Waals surface area contributed by atoms with Gasteiger partial charge in [-0.05, 0) is 46.7 Å². The molecular formula is C13H25N3O. The first kappa shape index (κ1) is 14.2. The number of aromatic nitrogens is 2. The van der Waals surface area contributed by atoms with Crippen molar-refractivity contribution in [1.82, 2.24) is 15.1 Å². The first-order valence-corrected chi connectivity index (χ1v) is 6.46. The van der Waals surface area contributed by atoms with Gasteiger partial charge in [0.15, 0.2) is 0 Å². The van der Waals surface area contributed by atoms with Crippen LogP contribution in [0.2, 0.25) is 0 Å². The van der Waals surface area contributed by atoms with Crippen LogP contribution < -0.4 is 5.32 Å². The third kappa shape index (κ3) is 5.33. The minimum absolute atomic E-state index is 0.331. The highest BCUT2D eigenvalue weighted by Crippen LogP contribution is 2.07. The fourth-order valence-corrected chi connectivity index (χ4v) is 1.68. The number of hydrogen-bond donors (Lipinski definition) is 1. The molecule has 1 heterocycles. The minimum atomic E-state index is 0.331. The highest BCUT2D eigenvalue weighted by atomic mass is 16.5. The Morgan fingerprint density at radius 1 is 1.35 bits per heavy atom. The van der Waals surface area contributed by atoms with Crippen LogP contribution in [0.5, 0.6) is 0 Å². The summed E-state index contributed by atoms with van der Waals surface area (Å²) in [4.78, 5) is 0. The summed E-state index contributed by atoms with van der Waals surface area (Å²) < 4.78 is 7.54. The standard InChI is InChI=1S/C13H25N3O/c1-11(2)16-13(6-8-15-16)10-14-7-5-9-17-12(3)4/h6,8,11-12,14H,5,7,9-10H2,1-4H3. The van der Waals surface area contributed by atoms with Crippen molar-refractivity contribution in [3.8, 4) is 0 Å². The molecule has 1 N–H and O–H groups in total. The lowest BCUT2D eigenvalue weighted by Gasteiger charge is -2.12. The van der Waals surface area contributed by atoms with Crippen LogP contribution in [0.25, 0.3) is 0 Å². The van der Waals surface area contributed by atoms with E-state index in [1.54, 1.807) is 0 Å². The summed E-state index contributed by atoms with van der Waals surface area (Å²) in [6, 6.07) is 2.49. The lowest BCUT2D eigenvalue weighted by Crippen LogP contribution is -2.20. The molecule has 0 atom stereocenters. The molecule has 0 aliphatic rings. The predicted octanol–water partition coefficient (Wildman–Crippen LogP) is 2.37. The molecule has 0 aromatic carbocycles. The molecule has 4 heteroatoms. The summed E-state index contributed by atoms with van der Waals surface area (Å²) in [6.45, 7) is 11.1. The summed E-state index contributed by atoms with van der Waals surface area (Å²) in [5, 5.41) is 7.72. The van der Waals surface area contributed by atoms with E-state index in [1.807, 2.05) is 6.20 Å². The van der Waals surface area contributed by atoms with Crippen LogP contribution in [-0.2, 0) is 11.3 Å². The lowest BCUT2D eigenvalue weighted by atomic mass is 10.3. The van der Waals surface area contributed by atoms with E-state index in [1.165, 1.54) is 5.69 Å². The third-order valence-electron chi connectivity index (χ3n) is 2.50. The maximum Gasteiger partial charge on any atom is 0.0525 e. The normalized spacial score (nSPS) is 11.6. The Kier molecular flexibility index (Phi) is 6.22. The largest absolute Gasteiger partial charge is 0.379 e. The zero-order valence-electron chi connectivity index (χ0n) is 11.4.